The number of nitrogens with zero attached hydrogens (tertiary/aromatic N) is 2. The third kappa shape index (κ3) is 2.98. The van der Waals surface area contributed by atoms with Crippen LogP contribution in [0.5, 0.6) is 0 Å². The maximum absolute atomic E-state index is 11.2. The molecule has 110 valence electrons. The maximum atomic E-state index is 11.2. The van der Waals surface area contributed by atoms with Crippen molar-refractivity contribution >= 4 is 37.8 Å². The standard InChI is InChI=1S/C16H10Br2N2O2/c17-11-3-1-10(2-4-11)15-9-14(16(21)22)19-20(15)13-7-5-12(18)6-8-13/h1-9H,(H,21,22). The van der Waals surface area contributed by atoms with E-state index in [1.165, 1.54) is 0 Å². The fourth-order valence-corrected chi connectivity index (χ4v) is 2.62. The Labute approximate surface area is 143 Å². The van der Waals surface area contributed by atoms with Crippen LogP contribution in [0.25, 0.3) is 16.9 Å². The molecule has 0 atom stereocenters. The first-order chi connectivity index (χ1) is 10.5. The lowest BCUT2D eigenvalue weighted by molar-refractivity contribution is 0.0690. The lowest BCUT2D eigenvalue weighted by Gasteiger charge is -2.08. The van der Waals surface area contributed by atoms with Crippen LogP contribution < -0.4 is 0 Å². The first-order valence-electron chi connectivity index (χ1n) is 6.40. The van der Waals surface area contributed by atoms with Crippen molar-refractivity contribution in [3.05, 3.63) is 69.2 Å². The first kappa shape index (κ1) is 15.0. The normalized spacial score (nSPS) is 10.6. The van der Waals surface area contributed by atoms with Crippen molar-refractivity contribution in [1.82, 2.24) is 9.78 Å². The molecule has 22 heavy (non-hydrogen) atoms. The fourth-order valence-electron chi connectivity index (χ4n) is 2.09. The van der Waals surface area contributed by atoms with Gasteiger partial charge in [-0.05, 0) is 42.5 Å². The Balaban J connectivity index is 2.17. The Bertz CT molecular complexity index is 761. The van der Waals surface area contributed by atoms with Crippen LogP contribution in [0.4, 0.5) is 0 Å². The predicted molar refractivity (Wildman–Crippen MR) is 91.4 cm³/mol. The number of aromatic nitrogens is 2. The number of carbonyl (C=O) groups is 1. The van der Waals surface area contributed by atoms with Gasteiger partial charge in [-0.25, -0.2) is 9.48 Å². The van der Waals surface area contributed by atoms with Crippen molar-refractivity contribution in [1.29, 1.82) is 0 Å². The summed E-state index contributed by atoms with van der Waals surface area (Å²) in [5, 5.41) is 13.4. The summed E-state index contributed by atoms with van der Waals surface area (Å²) in [4.78, 5) is 11.2. The van der Waals surface area contributed by atoms with E-state index in [2.05, 4.69) is 37.0 Å². The zero-order valence-electron chi connectivity index (χ0n) is 11.2. The zero-order chi connectivity index (χ0) is 15.7. The number of rotatable bonds is 3. The molecule has 0 amide bonds. The Morgan fingerprint density at radius 1 is 0.955 bits per heavy atom. The molecule has 0 aliphatic rings. The van der Waals surface area contributed by atoms with E-state index in [1.54, 1.807) is 10.7 Å². The van der Waals surface area contributed by atoms with Crippen LogP contribution in [0.1, 0.15) is 10.5 Å². The first-order valence-corrected chi connectivity index (χ1v) is 7.98. The van der Waals surface area contributed by atoms with Gasteiger partial charge in [-0.1, -0.05) is 44.0 Å². The Hall–Kier alpha value is -1.92. The zero-order valence-corrected chi connectivity index (χ0v) is 14.4. The van der Waals surface area contributed by atoms with Gasteiger partial charge in [0.2, 0.25) is 0 Å². The lowest BCUT2D eigenvalue weighted by Crippen LogP contribution is -2.02. The van der Waals surface area contributed by atoms with Gasteiger partial charge in [-0.2, -0.15) is 5.10 Å². The summed E-state index contributed by atoms with van der Waals surface area (Å²) >= 11 is 6.78. The van der Waals surface area contributed by atoms with Crippen molar-refractivity contribution in [3.8, 4) is 16.9 Å². The third-order valence-corrected chi connectivity index (χ3v) is 4.20. The SMILES string of the molecule is O=C(O)c1cc(-c2ccc(Br)cc2)n(-c2ccc(Br)cc2)n1. The minimum absolute atomic E-state index is 0.0147. The average Bonchev–Trinajstić information content (AvgIpc) is 2.94. The predicted octanol–water partition coefficient (Wildman–Crippen LogP) is 4.76. The molecule has 0 aliphatic heterocycles. The summed E-state index contributed by atoms with van der Waals surface area (Å²) in [6, 6.07) is 16.8. The van der Waals surface area contributed by atoms with Crippen LogP contribution in [0.3, 0.4) is 0 Å². The average molecular weight is 422 g/mol. The van der Waals surface area contributed by atoms with Crippen LogP contribution in [0.2, 0.25) is 0 Å². The molecular weight excluding hydrogens is 412 g/mol. The van der Waals surface area contributed by atoms with E-state index in [9.17, 15) is 9.90 Å². The molecule has 0 radical (unpaired) electrons. The Kier molecular flexibility index (Phi) is 4.13. The van der Waals surface area contributed by atoms with Gasteiger partial charge in [-0.15, -0.1) is 0 Å². The second kappa shape index (κ2) is 6.06. The topological polar surface area (TPSA) is 55.1 Å². The van der Waals surface area contributed by atoms with Crippen LogP contribution in [-0.4, -0.2) is 20.9 Å². The van der Waals surface area contributed by atoms with Gasteiger partial charge in [0.1, 0.15) is 0 Å². The molecule has 3 aromatic rings. The summed E-state index contributed by atoms with van der Waals surface area (Å²) in [6.07, 6.45) is 0. The molecule has 0 aliphatic carbocycles. The van der Waals surface area contributed by atoms with E-state index < -0.39 is 5.97 Å². The molecule has 0 saturated heterocycles. The van der Waals surface area contributed by atoms with Gasteiger partial charge in [0.15, 0.2) is 5.69 Å². The molecule has 0 unspecified atom stereocenters. The van der Waals surface area contributed by atoms with Gasteiger partial charge >= 0.3 is 5.97 Å². The van der Waals surface area contributed by atoms with Gasteiger partial charge in [0.25, 0.3) is 0 Å². The largest absolute Gasteiger partial charge is 0.476 e. The number of benzene rings is 2. The summed E-state index contributed by atoms with van der Waals surface area (Å²) in [5.74, 6) is -1.05. The molecule has 3 rings (SSSR count). The van der Waals surface area contributed by atoms with Crippen molar-refractivity contribution in [3.63, 3.8) is 0 Å². The molecule has 1 heterocycles. The quantitative estimate of drug-likeness (QED) is 0.663. The maximum Gasteiger partial charge on any atom is 0.356 e. The molecular formula is C16H10Br2N2O2. The molecule has 0 saturated carbocycles. The number of hydrogen-bond donors (Lipinski definition) is 1. The Morgan fingerprint density at radius 3 is 2.05 bits per heavy atom. The minimum Gasteiger partial charge on any atom is -0.476 e. The number of halogens is 2. The molecule has 0 fully saturated rings. The highest BCUT2D eigenvalue weighted by Crippen LogP contribution is 2.26. The molecule has 4 nitrogen and oxygen atoms in total. The van der Waals surface area contributed by atoms with Crippen molar-refractivity contribution in [2.45, 2.75) is 0 Å². The molecule has 2 aromatic carbocycles. The van der Waals surface area contributed by atoms with Crippen molar-refractivity contribution in [2.75, 3.05) is 0 Å². The van der Waals surface area contributed by atoms with Gasteiger partial charge < -0.3 is 5.11 Å². The van der Waals surface area contributed by atoms with E-state index in [0.717, 1.165) is 25.9 Å². The van der Waals surface area contributed by atoms with Crippen LogP contribution in [0.15, 0.2) is 63.5 Å². The molecule has 0 bridgehead atoms. The summed E-state index contributed by atoms with van der Waals surface area (Å²) < 4.78 is 3.55. The summed E-state index contributed by atoms with van der Waals surface area (Å²) in [7, 11) is 0. The smallest absolute Gasteiger partial charge is 0.356 e. The van der Waals surface area contributed by atoms with Gasteiger partial charge in [0, 0.05) is 14.5 Å². The monoisotopic (exact) mass is 420 g/mol. The highest BCUT2D eigenvalue weighted by Gasteiger charge is 2.15. The van der Waals surface area contributed by atoms with Crippen LogP contribution in [0, 0.1) is 0 Å². The van der Waals surface area contributed by atoms with Crippen molar-refractivity contribution in [2.24, 2.45) is 0 Å². The van der Waals surface area contributed by atoms with E-state index in [0.29, 0.717) is 0 Å². The minimum atomic E-state index is -1.05. The fraction of sp³-hybridized carbons (Fsp3) is 0. The number of hydrogen-bond acceptors (Lipinski definition) is 2. The number of carboxylic acid groups (broad SMARTS) is 1. The van der Waals surface area contributed by atoms with Gasteiger partial charge in [-0.3, -0.25) is 0 Å². The van der Waals surface area contributed by atoms with E-state index in [4.69, 9.17) is 0 Å². The number of carboxylic acids is 1. The highest BCUT2D eigenvalue weighted by atomic mass is 79.9. The Morgan fingerprint density at radius 2 is 1.50 bits per heavy atom. The van der Waals surface area contributed by atoms with E-state index in [1.807, 2.05) is 48.5 Å². The van der Waals surface area contributed by atoms with Crippen LogP contribution in [-0.2, 0) is 0 Å². The second-order valence-electron chi connectivity index (χ2n) is 4.62. The lowest BCUT2D eigenvalue weighted by atomic mass is 10.1. The van der Waals surface area contributed by atoms with E-state index in [-0.39, 0.29) is 5.69 Å². The molecule has 1 N–H and O–H groups in total. The molecule has 6 heteroatoms. The van der Waals surface area contributed by atoms with Crippen molar-refractivity contribution < 1.29 is 9.90 Å². The molecule has 1 aromatic heterocycles. The van der Waals surface area contributed by atoms with E-state index >= 15 is 0 Å². The van der Waals surface area contributed by atoms with Gasteiger partial charge in [0.05, 0.1) is 11.4 Å². The molecule has 0 spiro atoms. The third-order valence-electron chi connectivity index (χ3n) is 3.14. The second-order valence-corrected chi connectivity index (χ2v) is 6.45. The number of aromatic carboxylic acids is 1. The summed E-state index contributed by atoms with van der Waals surface area (Å²) in [5.41, 5.74) is 2.44. The van der Waals surface area contributed by atoms with Crippen LogP contribution >= 0.6 is 31.9 Å². The summed E-state index contributed by atoms with van der Waals surface area (Å²) in [6.45, 7) is 0. The highest BCUT2D eigenvalue weighted by molar-refractivity contribution is 9.10.